The van der Waals surface area contributed by atoms with Gasteiger partial charge in [0.25, 0.3) is 0 Å². The molecule has 20 heavy (non-hydrogen) atoms. The van der Waals surface area contributed by atoms with Crippen molar-refractivity contribution in [3.05, 3.63) is 59.7 Å². The molecular formula is C18H23NO. The maximum Gasteiger partial charge on any atom is 0.142 e. The van der Waals surface area contributed by atoms with Crippen molar-refractivity contribution in [3.8, 4) is 5.75 Å². The van der Waals surface area contributed by atoms with Gasteiger partial charge < -0.3 is 10.1 Å². The van der Waals surface area contributed by atoms with E-state index in [1.54, 1.807) is 0 Å². The summed E-state index contributed by atoms with van der Waals surface area (Å²) in [4.78, 5) is 0. The van der Waals surface area contributed by atoms with Crippen LogP contribution in [-0.4, -0.2) is 6.10 Å². The predicted molar refractivity (Wildman–Crippen MR) is 85.4 cm³/mol. The van der Waals surface area contributed by atoms with Crippen LogP contribution in [0.15, 0.2) is 48.5 Å². The minimum Gasteiger partial charge on any atom is -0.489 e. The third kappa shape index (κ3) is 3.53. The molecule has 2 aromatic rings. The van der Waals surface area contributed by atoms with Gasteiger partial charge in [-0.3, -0.25) is 0 Å². The topological polar surface area (TPSA) is 21.3 Å². The molecule has 0 saturated heterocycles. The van der Waals surface area contributed by atoms with E-state index in [1.807, 2.05) is 32.0 Å². The Bertz CT molecular complexity index is 563. The summed E-state index contributed by atoms with van der Waals surface area (Å²) in [5, 5.41) is 3.55. The van der Waals surface area contributed by atoms with E-state index in [1.165, 1.54) is 11.1 Å². The van der Waals surface area contributed by atoms with E-state index in [9.17, 15) is 0 Å². The van der Waals surface area contributed by atoms with E-state index in [2.05, 4.69) is 49.5 Å². The fourth-order valence-corrected chi connectivity index (χ4v) is 2.33. The van der Waals surface area contributed by atoms with Crippen molar-refractivity contribution in [2.24, 2.45) is 0 Å². The molecule has 1 unspecified atom stereocenters. The fourth-order valence-electron chi connectivity index (χ4n) is 2.33. The molecule has 0 aliphatic heterocycles. The predicted octanol–water partition coefficient (Wildman–Crippen LogP) is 4.96. The zero-order valence-corrected chi connectivity index (χ0v) is 12.7. The number of hydrogen-bond acceptors (Lipinski definition) is 2. The van der Waals surface area contributed by atoms with E-state index in [0.717, 1.165) is 11.4 Å². The maximum atomic E-state index is 5.85. The first-order valence-corrected chi connectivity index (χ1v) is 7.15. The Hall–Kier alpha value is -1.96. The lowest BCUT2D eigenvalue weighted by atomic mass is 10.0. The summed E-state index contributed by atoms with van der Waals surface area (Å²) >= 11 is 0. The monoisotopic (exact) mass is 269 g/mol. The van der Waals surface area contributed by atoms with Crippen molar-refractivity contribution in [1.82, 2.24) is 0 Å². The Morgan fingerprint density at radius 1 is 0.900 bits per heavy atom. The van der Waals surface area contributed by atoms with Gasteiger partial charge in [0.1, 0.15) is 5.75 Å². The van der Waals surface area contributed by atoms with E-state index in [0.29, 0.717) is 0 Å². The molecule has 2 rings (SSSR count). The summed E-state index contributed by atoms with van der Waals surface area (Å²) in [5.74, 6) is 0.905. The first kappa shape index (κ1) is 14.4. The number of nitrogens with one attached hydrogen (secondary N) is 1. The first-order valence-electron chi connectivity index (χ1n) is 7.15. The van der Waals surface area contributed by atoms with Crippen LogP contribution in [0.4, 0.5) is 5.69 Å². The molecule has 0 saturated carbocycles. The molecule has 106 valence electrons. The van der Waals surface area contributed by atoms with E-state index < -0.39 is 0 Å². The average Bonchev–Trinajstić information content (AvgIpc) is 2.41. The number of para-hydroxylation sites is 2. The molecule has 2 nitrogen and oxygen atoms in total. The van der Waals surface area contributed by atoms with Crippen LogP contribution in [0.3, 0.4) is 0 Å². The Balaban J connectivity index is 2.20. The molecule has 0 heterocycles. The van der Waals surface area contributed by atoms with Crippen LogP contribution in [0.5, 0.6) is 5.75 Å². The van der Waals surface area contributed by atoms with Gasteiger partial charge in [-0.05, 0) is 51.0 Å². The Morgan fingerprint density at radius 3 is 2.25 bits per heavy atom. The van der Waals surface area contributed by atoms with Crippen LogP contribution in [0.2, 0.25) is 0 Å². The summed E-state index contributed by atoms with van der Waals surface area (Å²) in [6.45, 7) is 8.40. The van der Waals surface area contributed by atoms with Crippen molar-refractivity contribution in [2.45, 2.75) is 39.8 Å². The largest absolute Gasteiger partial charge is 0.489 e. The van der Waals surface area contributed by atoms with Gasteiger partial charge >= 0.3 is 0 Å². The van der Waals surface area contributed by atoms with Gasteiger partial charge in [0.05, 0.1) is 11.8 Å². The number of rotatable bonds is 5. The third-order valence-corrected chi connectivity index (χ3v) is 3.28. The molecule has 1 N–H and O–H groups in total. The standard InChI is InChI=1S/C18H23NO/c1-13(2)20-18-12-8-7-11-17(18)19-15(4)16-10-6-5-9-14(16)3/h5-13,15,19H,1-4H3. The average molecular weight is 269 g/mol. The van der Waals surface area contributed by atoms with E-state index in [4.69, 9.17) is 4.74 Å². The van der Waals surface area contributed by atoms with Crippen molar-refractivity contribution < 1.29 is 4.74 Å². The summed E-state index contributed by atoms with van der Waals surface area (Å²) in [5.41, 5.74) is 3.65. The molecule has 0 radical (unpaired) electrons. The maximum absolute atomic E-state index is 5.85. The number of hydrogen-bond donors (Lipinski definition) is 1. The molecule has 0 spiro atoms. The Kier molecular flexibility index (Phi) is 4.67. The van der Waals surface area contributed by atoms with Crippen molar-refractivity contribution >= 4 is 5.69 Å². The highest BCUT2D eigenvalue weighted by atomic mass is 16.5. The zero-order chi connectivity index (χ0) is 14.5. The number of aryl methyl sites for hydroxylation is 1. The second kappa shape index (κ2) is 6.47. The Morgan fingerprint density at radius 2 is 1.55 bits per heavy atom. The number of ether oxygens (including phenoxy) is 1. The SMILES string of the molecule is Cc1ccccc1C(C)Nc1ccccc1OC(C)C. The molecule has 0 aliphatic rings. The van der Waals surface area contributed by atoms with Crippen molar-refractivity contribution in [1.29, 1.82) is 0 Å². The van der Waals surface area contributed by atoms with Gasteiger partial charge in [-0.15, -0.1) is 0 Å². The van der Waals surface area contributed by atoms with Gasteiger partial charge in [0.15, 0.2) is 0 Å². The highest BCUT2D eigenvalue weighted by molar-refractivity contribution is 5.57. The molecule has 2 aromatic carbocycles. The second-order valence-corrected chi connectivity index (χ2v) is 5.39. The van der Waals surface area contributed by atoms with Crippen LogP contribution in [0.1, 0.15) is 37.9 Å². The first-order chi connectivity index (χ1) is 9.58. The fraction of sp³-hybridized carbons (Fsp3) is 0.333. The van der Waals surface area contributed by atoms with Crippen LogP contribution < -0.4 is 10.1 Å². The zero-order valence-electron chi connectivity index (χ0n) is 12.7. The number of benzene rings is 2. The molecule has 1 atom stereocenters. The van der Waals surface area contributed by atoms with Crippen molar-refractivity contribution in [3.63, 3.8) is 0 Å². The lowest BCUT2D eigenvalue weighted by Crippen LogP contribution is -2.11. The summed E-state index contributed by atoms with van der Waals surface area (Å²) in [6.07, 6.45) is 0.173. The second-order valence-electron chi connectivity index (χ2n) is 5.39. The van der Waals surface area contributed by atoms with Crippen molar-refractivity contribution in [2.75, 3.05) is 5.32 Å². The van der Waals surface area contributed by atoms with Gasteiger partial charge in [0, 0.05) is 6.04 Å². The highest BCUT2D eigenvalue weighted by Crippen LogP contribution is 2.29. The van der Waals surface area contributed by atoms with Gasteiger partial charge in [-0.2, -0.15) is 0 Å². The van der Waals surface area contributed by atoms with Gasteiger partial charge in [-0.25, -0.2) is 0 Å². The molecule has 0 amide bonds. The molecule has 2 heteroatoms. The highest BCUT2D eigenvalue weighted by Gasteiger charge is 2.11. The molecular weight excluding hydrogens is 246 g/mol. The van der Waals surface area contributed by atoms with Crippen LogP contribution >= 0.6 is 0 Å². The minimum absolute atomic E-state index is 0.173. The lowest BCUT2D eigenvalue weighted by molar-refractivity contribution is 0.243. The smallest absolute Gasteiger partial charge is 0.142 e. The minimum atomic E-state index is 0.173. The summed E-state index contributed by atoms with van der Waals surface area (Å²) in [6, 6.07) is 16.8. The van der Waals surface area contributed by atoms with Crippen LogP contribution in [0.25, 0.3) is 0 Å². The van der Waals surface area contributed by atoms with Crippen LogP contribution in [-0.2, 0) is 0 Å². The lowest BCUT2D eigenvalue weighted by Gasteiger charge is -2.21. The molecule has 0 bridgehead atoms. The van der Waals surface area contributed by atoms with E-state index in [-0.39, 0.29) is 12.1 Å². The molecule has 0 fully saturated rings. The van der Waals surface area contributed by atoms with Gasteiger partial charge in [0.2, 0.25) is 0 Å². The quantitative estimate of drug-likeness (QED) is 0.828. The van der Waals surface area contributed by atoms with Crippen LogP contribution in [0, 0.1) is 6.92 Å². The molecule has 0 aliphatic carbocycles. The van der Waals surface area contributed by atoms with E-state index >= 15 is 0 Å². The number of anilines is 1. The van der Waals surface area contributed by atoms with Gasteiger partial charge in [-0.1, -0.05) is 36.4 Å². The Labute approximate surface area is 121 Å². The summed E-state index contributed by atoms with van der Waals surface area (Å²) in [7, 11) is 0. The normalized spacial score (nSPS) is 12.2. The third-order valence-electron chi connectivity index (χ3n) is 3.28. The molecule has 0 aromatic heterocycles. The summed E-state index contributed by atoms with van der Waals surface area (Å²) < 4.78 is 5.85.